The second kappa shape index (κ2) is 7.30. The second-order valence-corrected chi connectivity index (χ2v) is 6.56. The number of benzene rings is 1. The van der Waals surface area contributed by atoms with Gasteiger partial charge in [-0.15, -0.1) is 11.3 Å². The van der Waals surface area contributed by atoms with E-state index in [-0.39, 0.29) is 6.04 Å². The van der Waals surface area contributed by atoms with Gasteiger partial charge in [0.1, 0.15) is 5.75 Å². The molecule has 1 atom stereocenters. The van der Waals surface area contributed by atoms with E-state index in [0.29, 0.717) is 0 Å². The lowest BCUT2D eigenvalue weighted by Gasteiger charge is -2.21. The first-order valence-corrected chi connectivity index (χ1v) is 8.45. The fraction of sp³-hybridized carbons (Fsp3) is 0.412. The van der Waals surface area contributed by atoms with Gasteiger partial charge in [-0.3, -0.25) is 0 Å². The van der Waals surface area contributed by atoms with Gasteiger partial charge in [-0.2, -0.15) is 0 Å². The molecule has 1 heterocycles. The Kier molecular flexibility index (Phi) is 5.68. The second-order valence-electron chi connectivity index (χ2n) is 5.21. The van der Waals surface area contributed by atoms with Crippen LogP contribution in [0, 0.1) is 13.8 Å². The van der Waals surface area contributed by atoms with Gasteiger partial charge < -0.3 is 10.1 Å². The standard InChI is InChI=1S/C17H22ClNOS/c1-5-7-19-15(17-14(18)6-8-21-17)13-9-11(2)16(20-4)12(3)10-13/h6,8-10,15,19H,5,7H2,1-4H3. The van der Waals surface area contributed by atoms with Crippen LogP contribution in [0.1, 0.15) is 41.0 Å². The van der Waals surface area contributed by atoms with Gasteiger partial charge in [0.25, 0.3) is 0 Å². The third kappa shape index (κ3) is 3.60. The molecule has 1 N–H and O–H groups in total. The van der Waals surface area contributed by atoms with Crippen molar-refractivity contribution in [2.75, 3.05) is 13.7 Å². The average Bonchev–Trinajstić information content (AvgIpc) is 2.85. The highest BCUT2D eigenvalue weighted by Gasteiger charge is 2.19. The van der Waals surface area contributed by atoms with E-state index in [1.165, 1.54) is 10.4 Å². The van der Waals surface area contributed by atoms with E-state index in [9.17, 15) is 0 Å². The highest BCUT2D eigenvalue weighted by Crippen LogP contribution is 2.35. The summed E-state index contributed by atoms with van der Waals surface area (Å²) >= 11 is 8.05. The third-order valence-corrected chi connectivity index (χ3v) is 4.95. The molecule has 0 amide bonds. The summed E-state index contributed by atoms with van der Waals surface area (Å²) in [5.74, 6) is 0.963. The van der Waals surface area contributed by atoms with Crippen molar-refractivity contribution in [2.45, 2.75) is 33.2 Å². The number of methoxy groups -OCH3 is 1. The molecule has 2 aromatic rings. The van der Waals surface area contributed by atoms with Crippen LogP contribution in [-0.4, -0.2) is 13.7 Å². The molecule has 114 valence electrons. The highest BCUT2D eigenvalue weighted by atomic mass is 35.5. The number of nitrogens with one attached hydrogen (secondary N) is 1. The minimum Gasteiger partial charge on any atom is -0.496 e. The van der Waals surface area contributed by atoms with Crippen molar-refractivity contribution in [2.24, 2.45) is 0 Å². The molecular formula is C17H22ClNOS. The first kappa shape index (κ1) is 16.3. The molecule has 0 saturated heterocycles. The fourth-order valence-electron chi connectivity index (χ4n) is 2.63. The first-order chi connectivity index (χ1) is 10.1. The maximum atomic E-state index is 6.35. The lowest BCUT2D eigenvalue weighted by molar-refractivity contribution is 0.408. The van der Waals surface area contributed by atoms with Gasteiger partial charge in [-0.05, 0) is 54.9 Å². The quantitative estimate of drug-likeness (QED) is 0.797. The van der Waals surface area contributed by atoms with Crippen LogP contribution >= 0.6 is 22.9 Å². The topological polar surface area (TPSA) is 21.3 Å². The van der Waals surface area contributed by atoms with Crippen LogP contribution in [0.3, 0.4) is 0 Å². The number of hydrogen-bond donors (Lipinski definition) is 1. The number of aryl methyl sites for hydroxylation is 2. The van der Waals surface area contributed by atoms with E-state index in [1.54, 1.807) is 18.4 Å². The predicted molar refractivity (Wildman–Crippen MR) is 91.9 cm³/mol. The summed E-state index contributed by atoms with van der Waals surface area (Å²) in [6.07, 6.45) is 1.09. The Labute approximate surface area is 136 Å². The molecule has 0 aliphatic rings. The zero-order chi connectivity index (χ0) is 15.4. The van der Waals surface area contributed by atoms with Gasteiger partial charge >= 0.3 is 0 Å². The lowest BCUT2D eigenvalue weighted by Crippen LogP contribution is -2.23. The first-order valence-electron chi connectivity index (χ1n) is 7.19. The average molecular weight is 324 g/mol. The van der Waals surface area contributed by atoms with Crippen LogP contribution in [0.15, 0.2) is 23.6 Å². The molecule has 0 saturated carbocycles. The van der Waals surface area contributed by atoms with Crippen molar-refractivity contribution in [3.8, 4) is 5.75 Å². The third-order valence-electron chi connectivity index (χ3n) is 3.53. The van der Waals surface area contributed by atoms with Crippen molar-refractivity contribution in [1.29, 1.82) is 0 Å². The van der Waals surface area contributed by atoms with Crippen molar-refractivity contribution < 1.29 is 4.74 Å². The van der Waals surface area contributed by atoms with E-state index < -0.39 is 0 Å². The summed E-state index contributed by atoms with van der Waals surface area (Å²) in [7, 11) is 1.72. The highest BCUT2D eigenvalue weighted by molar-refractivity contribution is 7.10. The Morgan fingerprint density at radius 3 is 2.43 bits per heavy atom. The lowest BCUT2D eigenvalue weighted by atomic mass is 9.99. The molecule has 0 radical (unpaired) electrons. The smallest absolute Gasteiger partial charge is 0.124 e. The van der Waals surface area contributed by atoms with Gasteiger partial charge in [0.05, 0.1) is 18.2 Å². The van der Waals surface area contributed by atoms with Crippen LogP contribution in [0.4, 0.5) is 0 Å². The molecule has 21 heavy (non-hydrogen) atoms. The molecule has 1 aromatic carbocycles. The van der Waals surface area contributed by atoms with Crippen LogP contribution in [0.5, 0.6) is 5.75 Å². The minimum atomic E-state index is 0.140. The summed E-state index contributed by atoms with van der Waals surface area (Å²) in [4.78, 5) is 1.18. The van der Waals surface area contributed by atoms with E-state index in [4.69, 9.17) is 16.3 Å². The van der Waals surface area contributed by atoms with Crippen molar-refractivity contribution in [3.63, 3.8) is 0 Å². The molecule has 1 unspecified atom stereocenters. The predicted octanol–water partition coefficient (Wildman–Crippen LogP) is 5.12. The van der Waals surface area contributed by atoms with Crippen LogP contribution in [0.25, 0.3) is 0 Å². The van der Waals surface area contributed by atoms with Crippen molar-refractivity contribution >= 4 is 22.9 Å². The Bertz CT molecular complexity index is 586. The van der Waals surface area contributed by atoms with Gasteiger partial charge in [0.2, 0.25) is 0 Å². The fourth-order valence-corrected chi connectivity index (χ4v) is 3.90. The van der Waals surface area contributed by atoms with Gasteiger partial charge in [-0.25, -0.2) is 0 Å². The Hall–Kier alpha value is -1.03. The largest absolute Gasteiger partial charge is 0.496 e. The SMILES string of the molecule is CCCNC(c1cc(C)c(OC)c(C)c1)c1sccc1Cl. The van der Waals surface area contributed by atoms with E-state index >= 15 is 0 Å². The number of ether oxygens (including phenoxy) is 1. The number of halogens is 1. The molecule has 4 heteroatoms. The molecular weight excluding hydrogens is 302 g/mol. The van der Waals surface area contributed by atoms with Gasteiger partial charge in [0.15, 0.2) is 0 Å². The van der Waals surface area contributed by atoms with E-state index in [2.05, 4.69) is 38.2 Å². The molecule has 0 bridgehead atoms. The zero-order valence-corrected chi connectivity index (χ0v) is 14.6. The maximum absolute atomic E-state index is 6.35. The van der Waals surface area contributed by atoms with Crippen LogP contribution < -0.4 is 10.1 Å². The molecule has 2 rings (SSSR count). The molecule has 2 nitrogen and oxygen atoms in total. The summed E-state index contributed by atoms with van der Waals surface area (Å²) in [6, 6.07) is 6.48. The Morgan fingerprint density at radius 2 is 1.95 bits per heavy atom. The molecule has 1 aromatic heterocycles. The molecule has 0 aliphatic heterocycles. The summed E-state index contributed by atoms with van der Waals surface area (Å²) in [6.45, 7) is 7.30. The zero-order valence-electron chi connectivity index (χ0n) is 13.0. The van der Waals surface area contributed by atoms with Crippen LogP contribution in [-0.2, 0) is 0 Å². The van der Waals surface area contributed by atoms with Gasteiger partial charge in [0, 0.05) is 4.88 Å². The van der Waals surface area contributed by atoms with Crippen LogP contribution in [0.2, 0.25) is 5.02 Å². The Balaban J connectivity index is 2.44. The monoisotopic (exact) mass is 323 g/mol. The molecule has 0 aliphatic carbocycles. The number of thiophene rings is 1. The summed E-state index contributed by atoms with van der Waals surface area (Å²) in [5.41, 5.74) is 3.55. The molecule has 0 spiro atoms. The van der Waals surface area contributed by atoms with Crippen molar-refractivity contribution in [1.82, 2.24) is 5.32 Å². The van der Waals surface area contributed by atoms with Crippen molar-refractivity contribution in [3.05, 3.63) is 50.2 Å². The maximum Gasteiger partial charge on any atom is 0.124 e. The summed E-state index contributed by atoms with van der Waals surface area (Å²) in [5, 5.41) is 6.48. The summed E-state index contributed by atoms with van der Waals surface area (Å²) < 4.78 is 5.46. The molecule has 0 fully saturated rings. The van der Waals surface area contributed by atoms with Gasteiger partial charge in [-0.1, -0.05) is 30.7 Å². The minimum absolute atomic E-state index is 0.140. The van der Waals surface area contributed by atoms with E-state index in [1.807, 2.05) is 11.4 Å². The Morgan fingerprint density at radius 1 is 1.29 bits per heavy atom. The number of rotatable bonds is 6. The normalized spacial score (nSPS) is 12.4. The van der Waals surface area contributed by atoms with E-state index in [0.717, 1.165) is 34.9 Å². The number of hydrogen-bond acceptors (Lipinski definition) is 3.